The number of hydrogen-bond acceptors (Lipinski definition) is 2. The molecule has 2 amide bonds. The Morgan fingerprint density at radius 2 is 2.11 bits per heavy atom. The molecule has 5 heteroatoms. The molecular weight excluding hydrogens is 244 g/mol. The first-order valence-electron chi connectivity index (χ1n) is 5.79. The number of carbonyl (C=O) groups is 2. The number of nitrogens with one attached hydrogen (secondary N) is 2. The smallest absolute Gasteiger partial charge is 0.408 e. The molecule has 0 aromatic heterocycles. The standard InChI is InChI=1S/C14H16N2O3/c1-3-10-5-6-12(16-13(17)4-2)9-11(10)7-8-15-14(18)19/h3,5-9,15H,1,4H2,2H3,(H,16,17)(H,18,19)/b8-7-. The van der Waals surface area contributed by atoms with Gasteiger partial charge in [0.05, 0.1) is 0 Å². The van der Waals surface area contributed by atoms with Crippen LogP contribution in [-0.4, -0.2) is 17.1 Å². The van der Waals surface area contributed by atoms with E-state index in [0.29, 0.717) is 12.1 Å². The number of rotatable bonds is 5. The molecule has 1 rings (SSSR count). The third-order valence-corrected chi connectivity index (χ3v) is 2.38. The first kappa shape index (κ1) is 14.5. The number of benzene rings is 1. The lowest BCUT2D eigenvalue weighted by Crippen LogP contribution is -2.12. The van der Waals surface area contributed by atoms with Crippen LogP contribution in [0.3, 0.4) is 0 Å². The first-order chi connectivity index (χ1) is 9.06. The van der Waals surface area contributed by atoms with E-state index in [1.165, 1.54) is 6.20 Å². The monoisotopic (exact) mass is 260 g/mol. The Kier molecular flexibility index (Phi) is 5.35. The van der Waals surface area contributed by atoms with E-state index in [4.69, 9.17) is 5.11 Å². The Balaban J connectivity index is 2.95. The molecule has 0 unspecified atom stereocenters. The zero-order valence-electron chi connectivity index (χ0n) is 10.6. The summed E-state index contributed by atoms with van der Waals surface area (Å²) in [5.74, 6) is -0.0788. The van der Waals surface area contributed by atoms with Gasteiger partial charge in [-0.05, 0) is 29.3 Å². The average molecular weight is 260 g/mol. The molecule has 0 aliphatic carbocycles. The van der Waals surface area contributed by atoms with E-state index >= 15 is 0 Å². The predicted octanol–water partition coefficient (Wildman–Crippen LogP) is 2.92. The molecule has 0 spiro atoms. The van der Waals surface area contributed by atoms with E-state index in [9.17, 15) is 9.59 Å². The van der Waals surface area contributed by atoms with Crippen molar-refractivity contribution in [3.05, 3.63) is 42.1 Å². The second-order valence-corrected chi connectivity index (χ2v) is 3.73. The van der Waals surface area contributed by atoms with Crippen LogP contribution in [0.2, 0.25) is 0 Å². The van der Waals surface area contributed by atoms with Crippen LogP contribution in [0, 0.1) is 0 Å². The number of amides is 2. The van der Waals surface area contributed by atoms with Crippen molar-refractivity contribution in [2.24, 2.45) is 0 Å². The van der Waals surface area contributed by atoms with Crippen molar-refractivity contribution in [3.63, 3.8) is 0 Å². The van der Waals surface area contributed by atoms with Gasteiger partial charge in [0, 0.05) is 18.3 Å². The van der Waals surface area contributed by atoms with Crippen molar-refractivity contribution >= 4 is 29.8 Å². The molecule has 0 atom stereocenters. The molecule has 0 saturated carbocycles. The topological polar surface area (TPSA) is 78.4 Å². The molecule has 0 heterocycles. The summed E-state index contributed by atoms with van der Waals surface area (Å²) in [6.45, 7) is 5.45. The summed E-state index contributed by atoms with van der Waals surface area (Å²) in [6, 6.07) is 5.33. The van der Waals surface area contributed by atoms with E-state index in [-0.39, 0.29) is 5.91 Å². The summed E-state index contributed by atoms with van der Waals surface area (Å²) in [7, 11) is 0. The van der Waals surface area contributed by atoms with E-state index in [0.717, 1.165) is 11.1 Å². The fourth-order valence-corrected chi connectivity index (χ4v) is 1.43. The van der Waals surface area contributed by atoms with Crippen molar-refractivity contribution in [2.45, 2.75) is 13.3 Å². The Bertz CT molecular complexity index is 521. The van der Waals surface area contributed by atoms with Crippen LogP contribution in [0.15, 0.2) is 31.0 Å². The van der Waals surface area contributed by atoms with Gasteiger partial charge in [-0.15, -0.1) is 0 Å². The fourth-order valence-electron chi connectivity index (χ4n) is 1.43. The fraction of sp³-hybridized carbons (Fsp3) is 0.143. The largest absolute Gasteiger partial charge is 0.465 e. The van der Waals surface area contributed by atoms with Gasteiger partial charge in [0.15, 0.2) is 0 Å². The van der Waals surface area contributed by atoms with Crippen molar-refractivity contribution in [1.82, 2.24) is 5.32 Å². The van der Waals surface area contributed by atoms with Crippen LogP contribution < -0.4 is 10.6 Å². The normalized spacial score (nSPS) is 10.2. The molecule has 0 radical (unpaired) electrons. The molecule has 0 saturated heterocycles. The Morgan fingerprint density at radius 3 is 2.68 bits per heavy atom. The van der Waals surface area contributed by atoms with Crippen LogP contribution in [-0.2, 0) is 4.79 Å². The quantitative estimate of drug-likeness (QED) is 0.761. The maximum atomic E-state index is 11.3. The van der Waals surface area contributed by atoms with Crippen molar-refractivity contribution in [2.75, 3.05) is 5.32 Å². The maximum absolute atomic E-state index is 11.3. The van der Waals surface area contributed by atoms with Crippen LogP contribution in [0.25, 0.3) is 12.2 Å². The second kappa shape index (κ2) is 7.00. The van der Waals surface area contributed by atoms with Gasteiger partial charge >= 0.3 is 6.09 Å². The number of hydrogen-bond donors (Lipinski definition) is 3. The van der Waals surface area contributed by atoms with Gasteiger partial charge in [-0.3, -0.25) is 10.1 Å². The third-order valence-electron chi connectivity index (χ3n) is 2.38. The minimum atomic E-state index is -1.13. The minimum Gasteiger partial charge on any atom is -0.465 e. The highest BCUT2D eigenvalue weighted by Gasteiger charge is 2.02. The minimum absolute atomic E-state index is 0.0788. The summed E-state index contributed by atoms with van der Waals surface area (Å²) in [6.07, 6.45) is 3.84. The Hall–Kier alpha value is -2.56. The van der Waals surface area contributed by atoms with E-state index in [1.807, 2.05) is 0 Å². The highest BCUT2D eigenvalue weighted by atomic mass is 16.4. The van der Waals surface area contributed by atoms with Crippen molar-refractivity contribution < 1.29 is 14.7 Å². The lowest BCUT2D eigenvalue weighted by molar-refractivity contribution is -0.115. The van der Waals surface area contributed by atoms with Crippen molar-refractivity contribution in [1.29, 1.82) is 0 Å². The molecule has 1 aromatic rings. The molecule has 100 valence electrons. The van der Waals surface area contributed by atoms with Gasteiger partial charge < -0.3 is 10.4 Å². The lowest BCUT2D eigenvalue weighted by Gasteiger charge is -2.07. The Labute approximate surface area is 111 Å². The zero-order chi connectivity index (χ0) is 14.3. The van der Waals surface area contributed by atoms with E-state index in [1.54, 1.807) is 37.3 Å². The van der Waals surface area contributed by atoms with Gasteiger partial charge in [-0.2, -0.15) is 0 Å². The van der Waals surface area contributed by atoms with Crippen molar-refractivity contribution in [3.8, 4) is 0 Å². The van der Waals surface area contributed by atoms with Gasteiger partial charge in [0.2, 0.25) is 5.91 Å². The van der Waals surface area contributed by atoms with Gasteiger partial charge in [0.25, 0.3) is 0 Å². The third kappa shape index (κ3) is 4.67. The molecule has 0 fully saturated rings. The Morgan fingerprint density at radius 1 is 1.37 bits per heavy atom. The predicted molar refractivity (Wildman–Crippen MR) is 75.6 cm³/mol. The summed E-state index contributed by atoms with van der Waals surface area (Å²) in [5, 5.41) is 13.4. The van der Waals surface area contributed by atoms with Crippen LogP contribution >= 0.6 is 0 Å². The average Bonchev–Trinajstić information content (AvgIpc) is 2.38. The molecule has 0 aliphatic rings. The SMILES string of the molecule is C=Cc1ccc(NC(=O)CC)cc1/C=C\NC(=O)O. The van der Waals surface area contributed by atoms with Gasteiger partial charge in [-0.25, -0.2) is 4.79 Å². The van der Waals surface area contributed by atoms with E-state index < -0.39 is 6.09 Å². The maximum Gasteiger partial charge on any atom is 0.408 e. The van der Waals surface area contributed by atoms with Crippen LogP contribution in [0.5, 0.6) is 0 Å². The molecular formula is C14H16N2O3. The number of carboxylic acid groups (broad SMARTS) is 1. The summed E-state index contributed by atoms with van der Waals surface area (Å²) < 4.78 is 0. The first-order valence-corrected chi connectivity index (χ1v) is 5.79. The van der Waals surface area contributed by atoms with Crippen LogP contribution in [0.1, 0.15) is 24.5 Å². The number of carbonyl (C=O) groups excluding carboxylic acids is 1. The molecule has 3 N–H and O–H groups in total. The van der Waals surface area contributed by atoms with Gasteiger partial charge in [-0.1, -0.05) is 25.6 Å². The molecule has 19 heavy (non-hydrogen) atoms. The summed E-state index contributed by atoms with van der Waals surface area (Å²) in [5.41, 5.74) is 2.27. The highest BCUT2D eigenvalue weighted by Crippen LogP contribution is 2.18. The summed E-state index contributed by atoms with van der Waals surface area (Å²) in [4.78, 5) is 21.7. The molecule has 0 bridgehead atoms. The number of anilines is 1. The molecule has 1 aromatic carbocycles. The van der Waals surface area contributed by atoms with Gasteiger partial charge in [0.1, 0.15) is 0 Å². The zero-order valence-corrected chi connectivity index (χ0v) is 10.6. The lowest BCUT2D eigenvalue weighted by atomic mass is 10.1. The molecule has 5 nitrogen and oxygen atoms in total. The highest BCUT2D eigenvalue weighted by molar-refractivity contribution is 5.91. The second-order valence-electron chi connectivity index (χ2n) is 3.73. The van der Waals surface area contributed by atoms with E-state index in [2.05, 4.69) is 17.2 Å². The van der Waals surface area contributed by atoms with Crippen LogP contribution in [0.4, 0.5) is 10.5 Å². The molecule has 0 aliphatic heterocycles. The summed E-state index contributed by atoms with van der Waals surface area (Å²) >= 11 is 0.